The third kappa shape index (κ3) is 3.65. The van der Waals surface area contributed by atoms with Gasteiger partial charge in [0.1, 0.15) is 5.82 Å². The molecule has 0 unspecified atom stereocenters. The standard InChI is InChI=1S/C12H24N2O3Si/c1-11(2)14-9-8-13-12(14)7-6-10-18(15-3,16-4)17-5/h8-9,11H,6-7,10H2,1-5H3. The minimum absolute atomic E-state index is 0.441. The number of aryl methyl sites for hydroxylation is 1. The predicted molar refractivity (Wildman–Crippen MR) is 72.5 cm³/mol. The Balaban J connectivity index is 2.53. The van der Waals surface area contributed by atoms with Crippen molar-refractivity contribution in [3.63, 3.8) is 0 Å². The Morgan fingerprint density at radius 1 is 1.22 bits per heavy atom. The highest BCUT2D eigenvalue weighted by molar-refractivity contribution is 6.60. The quantitative estimate of drug-likeness (QED) is 0.681. The molecule has 1 heterocycles. The fourth-order valence-corrected chi connectivity index (χ4v) is 3.75. The van der Waals surface area contributed by atoms with Crippen LogP contribution in [0.1, 0.15) is 32.1 Å². The first-order valence-corrected chi connectivity index (χ1v) is 8.19. The Labute approximate surface area is 110 Å². The van der Waals surface area contributed by atoms with E-state index in [4.69, 9.17) is 13.3 Å². The van der Waals surface area contributed by atoms with Crippen molar-refractivity contribution >= 4 is 8.80 Å². The average Bonchev–Trinajstić information content (AvgIpc) is 2.84. The molecule has 0 aliphatic heterocycles. The summed E-state index contributed by atoms with van der Waals surface area (Å²) in [5.41, 5.74) is 0. The molecule has 0 saturated heterocycles. The molecule has 1 rings (SSSR count). The summed E-state index contributed by atoms with van der Waals surface area (Å²) < 4.78 is 18.4. The molecule has 0 atom stereocenters. The minimum Gasteiger partial charge on any atom is -0.377 e. The molecule has 0 spiro atoms. The molecule has 6 heteroatoms. The number of nitrogens with zero attached hydrogens (tertiary/aromatic N) is 2. The van der Waals surface area contributed by atoms with E-state index in [1.165, 1.54) is 0 Å². The molecular formula is C12H24N2O3Si. The summed E-state index contributed by atoms with van der Waals surface area (Å²) in [6.07, 6.45) is 5.73. The molecule has 0 aromatic carbocycles. The highest BCUT2D eigenvalue weighted by atomic mass is 28.4. The van der Waals surface area contributed by atoms with E-state index >= 15 is 0 Å². The monoisotopic (exact) mass is 272 g/mol. The van der Waals surface area contributed by atoms with Gasteiger partial charge in [-0.15, -0.1) is 0 Å². The van der Waals surface area contributed by atoms with Crippen LogP contribution in [0.15, 0.2) is 12.4 Å². The predicted octanol–water partition coefficient (Wildman–Crippen LogP) is 2.27. The van der Waals surface area contributed by atoms with Crippen LogP contribution in [-0.2, 0) is 19.7 Å². The van der Waals surface area contributed by atoms with Gasteiger partial charge in [0.15, 0.2) is 0 Å². The number of hydrogen-bond donors (Lipinski definition) is 0. The van der Waals surface area contributed by atoms with Gasteiger partial charge in [0.25, 0.3) is 0 Å². The summed E-state index contributed by atoms with van der Waals surface area (Å²) in [5.74, 6) is 1.11. The van der Waals surface area contributed by atoms with Gasteiger partial charge in [-0.25, -0.2) is 4.98 Å². The van der Waals surface area contributed by atoms with Crippen LogP contribution in [0.2, 0.25) is 6.04 Å². The van der Waals surface area contributed by atoms with Gasteiger partial charge in [-0.2, -0.15) is 0 Å². The first-order chi connectivity index (χ1) is 8.58. The summed E-state index contributed by atoms with van der Waals surface area (Å²) in [6, 6.07) is 1.25. The van der Waals surface area contributed by atoms with Crippen LogP contribution in [0.4, 0.5) is 0 Å². The van der Waals surface area contributed by atoms with Crippen LogP contribution in [0.25, 0.3) is 0 Å². The highest BCUT2D eigenvalue weighted by Gasteiger charge is 2.36. The van der Waals surface area contributed by atoms with E-state index in [2.05, 4.69) is 23.4 Å². The molecule has 0 aliphatic rings. The molecular weight excluding hydrogens is 248 g/mol. The van der Waals surface area contributed by atoms with Crippen LogP contribution < -0.4 is 0 Å². The molecule has 5 nitrogen and oxygen atoms in total. The number of aromatic nitrogens is 2. The van der Waals surface area contributed by atoms with Crippen molar-refractivity contribution in [1.82, 2.24) is 9.55 Å². The minimum atomic E-state index is -2.43. The smallest absolute Gasteiger partial charge is 0.377 e. The Kier molecular flexibility index (Phi) is 6.00. The van der Waals surface area contributed by atoms with E-state index in [1.807, 2.05) is 12.4 Å². The van der Waals surface area contributed by atoms with Crippen molar-refractivity contribution in [1.29, 1.82) is 0 Å². The van der Waals surface area contributed by atoms with E-state index in [0.29, 0.717) is 6.04 Å². The van der Waals surface area contributed by atoms with Gasteiger partial charge in [0.05, 0.1) is 0 Å². The lowest BCUT2D eigenvalue weighted by Gasteiger charge is -2.24. The van der Waals surface area contributed by atoms with Gasteiger partial charge >= 0.3 is 8.80 Å². The Morgan fingerprint density at radius 2 is 1.83 bits per heavy atom. The molecule has 1 aromatic heterocycles. The van der Waals surface area contributed by atoms with Gasteiger partial charge < -0.3 is 17.8 Å². The Hall–Kier alpha value is -0.693. The van der Waals surface area contributed by atoms with Crippen LogP contribution in [0.3, 0.4) is 0 Å². The molecule has 0 amide bonds. The summed E-state index contributed by atoms with van der Waals surface area (Å²) in [6.45, 7) is 4.31. The highest BCUT2D eigenvalue weighted by Crippen LogP contribution is 2.18. The Bertz CT molecular complexity index is 343. The van der Waals surface area contributed by atoms with E-state index < -0.39 is 8.80 Å². The van der Waals surface area contributed by atoms with E-state index in [0.717, 1.165) is 24.7 Å². The van der Waals surface area contributed by atoms with Crippen molar-refractivity contribution in [3.05, 3.63) is 18.2 Å². The largest absolute Gasteiger partial charge is 0.500 e. The molecule has 0 aliphatic carbocycles. The van der Waals surface area contributed by atoms with Gasteiger partial charge in [-0.3, -0.25) is 0 Å². The van der Waals surface area contributed by atoms with Crippen LogP contribution in [-0.4, -0.2) is 39.7 Å². The summed E-state index contributed by atoms with van der Waals surface area (Å²) in [4.78, 5) is 4.39. The Morgan fingerprint density at radius 3 is 2.33 bits per heavy atom. The van der Waals surface area contributed by atoms with E-state index in [9.17, 15) is 0 Å². The van der Waals surface area contributed by atoms with Crippen molar-refractivity contribution in [2.24, 2.45) is 0 Å². The average molecular weight is 272 g/mol. The van der Waals surface area contributed by atoms with Crippen molar-refractivity contribution in [2.75, 3.05) is 21.3 Å². The zero-order valence-corrected chi connectivity index (χ0v) is 13.0. The molecule has 104 valence electrons. The number of hydrogen-bond acceptors (Lipinski definition) is 4. The lowest BCUT2D eigenvalue weighted by molar-refractivity contribution is 0.123. The summed E-state index contributed by atoms with van der Waals surface area (Å²) >= 11 is 0. The molecule has 0 saturated carbocycles. The zero-order chi connectivity index (χ0) is 13.6. The van der Waals surface area contributed by atoms with Crippen LogP contribution in [0, 0.1) is 0 Å². The van der Waals surface area contributed by atoms with Crippen molar-refractivity contribution in [2.45, 2.75) is 38.8 Å². The molecule has 1 aromatic rings. The lowest BCUT2D eigenvalue weighted by Crippen LogP contribution is -2.42. The fraction of sp³-hybridized carbons (Fsp3) is 0.750. The summed E-state index contributed by atoms with van der Waals surface area (Å²) in [5, 5.41) is 0. The molecule has 0 bridgehead atoms. The number of imidazole rings is 1. The fourth-order valence-electron chi connectivity index (χ4n) is 2.03. The maximum atomic E-state index is 5.40. The first kappa shape index (κ1) is 15.4. The van der Waals surface area contributed by atoms with E-state index in [1.54, 1.807) is 21.3 Å². The second-order valence-electron chi connectivity index (χ2n) is 4.49. The maximum absolute atomic E-state index is 5.40. The van der Waals surface area contributed by atoms with Crippen molar-refractivity contribution < 1.29 is 13.3 Å². The van der Waals surface area contributed by atoms with Gasteiger partial charge in [-0.1, -0.05) is 0 Å². The van der Waals surface area contributed by atoms with Crippen LogP contribution >= 0.6 is 0 Å². The van der Waals surface area contributed by atoms with Gasteiger partial charge in [0, 0.05) is 52.2 Å². The lowest BCUT2D eigenvalue weighted by atomic mass is 10.3. The molecule has 0 N–H and O–H groups in total. The van der Waals surface area contributed by atoms with Crippen LogP contribution in [0.5, 0.6) is 0 Å². The first-order valence-electron chi connectivity index (χ1n) is 6.25. The van der Waals surface area contributed by atoms with Gasteiger partial charge in [-0.05, 0) is 20.3 Å². The third-order valence-corrected chi connectivity index (χ3v) is 5.95. The topological polar surface area (TPSA) is 45.5 Å². The third-order valence-electron chi connectivity index (χ3n) is 3.12. The molecule has 18 heavy (non-hydrogen) atoms. The summed E-state index contributed by atoms with van der Waals surface area (Å²) in [7, 11) is 2.51. The second-order valence-corrected chi connectivity index (χ2v) is 7.58. The number of rotatable bonds is 8. The van der Waals surface area contributed by atoms with Gasteiger partial charge in [0.2, 0.25) is 0 Å². The van der Waals surface area contributed by atoms with Crippen molar-refractivity contribution in [3.8, 4) is 0 Å². The molecule has 0 radical (unpaired) electrons. The zero-order valence-electron chi connectivity index (χ0n) is 12.0. The SMILES string of the molecule is CO[Si](CCCc1nccn1C(C)C)(OC)OC. The van der Waals surface area contributed by atoms with E-state index in [-0.39, 0.29) is 0 Å². The normalized spacial score (nSPS) is 12.3. The maximum Gasteiger partial charge on any atom is 0.500 e. The second kappa shape index (κ2) is 7.03. The molecule has 0 fully saturated rings.